The van der Waals surface area contributed by atoms with Gasteiger partial charge in [0, 0.05) is 12.1 Å². The van der Waals surface area contributed by atoms with Crippen LogP contribution in [0.1, 0.15) is 44.9 Å². The van der Waals surface area contributed by atoms with E-state index < -0.39 is 11.7 Å². The largest absolute Gasteiger partial charge is 0.351 e. The SMILES string of the molecule is Cc1cc(NC(=O)c2cccc(F)c2)sc1C(=O)NCCC1CCCNC1. The molecule has 1 aromatic carbocycles. The second-order valence-corrected chi connectivity index (χ2v) is 7.90. The van der Waals surface area contributed by atoms with Crippen molar-refractivity contribution in [2.45, 2.75) is 26.2 Å². The molecule has 1 unspecified atom stereocenters. The second-order valence-electron chi connectivity index (χ2n) is 6.84. The molecule has 0 aliphatic carbocycles. The molecule has 0 radical (unpaired) electrons. The van der Waals surface area contributed by atoms with Gasteiger partial charge in [-0.15, -0.1) is 11.3 Å². The Kier molecular flexibility index (Phi) is 6.58. The first-order chi connectivity index (χ1) is 13.0. The number of halogens is 1. The Labute approximate surface area is 162 Å². The van der Waals surface area contributed by atoms with E-state index in [2.05, 4.69) is 16.0 Å². The molecule has 1 aliphatic rings. The molecule has 1 aliphatic heterocycles. The lowest BCUT2D eigenvalue weighted by atomic mass is 9.96. The standard InChI is InChI=1S/C20H24FN3O2S/c1-13-10-17(24-19(25)15-5-2-6-16(21)11-15)27-18(13)20(26)23-9-7-14-4-3-8-22-12-14/h2,5-6,10-11,14,22H,3-4,7-9,12H2,1H3,(H,23,26)(H,24,25). The number of hydrogen-bond donors (Lipinski definition) is 3. The summed E-state index contributed by atoms with van der Waals surface area (Å²) < 4.78 is 13.3. The monoisotopic (exact) mass is 389 g/mol. The van der Waals surface area contributed by atoms with Crippen molar-refractivity contribution < 1.29 is 14.0 Å². The molecule has 2 aromatic rings. The van der Waals surface area contributed by atoms with E-state index in [1.54, 1.807) is 12.1 Å². The summed E-state index contributed by atoms with van der Waals surface area (Å²) in [6.45, 7) is 4.59. The maximum atomic E-state index is 13.3. The summed E-state index contributed by atoms with van der Waals surface area (Å²) in [5.74, 6) is -0.358. The maximum Gasteiger partial charge on any atom is 0.261 e. The number of anilines is 1. The Morgan fingerprint density at radius 1 is 1.30 bits per heavy atom. The van der Waals surface area contributed by atoms with Crippen LogP contribution in [0.5, 0.6) is 0 Å². The molecule has 2 amide bonds. The minimum Gasteiger partial charge on any atom is -0.351 e. The van der Waals surface area contributed by atoms with Gasteiger partial charge in [0.1, 0.15) is 5.82 Å². The predicted octanol–water partition coefficient (Wildman–Crippen LogP) is 3.57. The van der Waals surface area contributed by atoms with Gasteiger partial charge in [-0.1, -0.05) is 6.07 Å². The number of thiophene rings is 1. The molecule has 1 atom stereocenters. The Morgan fingerprint density at radius 2 is 2.15 bits per heavy atom. The fourth-order valence-corrected chi connectivity index (χ4v) is 4.21. The summed E-state index contributed by atoms with van der Waals surface area (Å²) in [7, 11) is 0. The smallest absolute Gasteiger partial charge is 0.261 e. The van der Waals surface area contributed by atoms with E-state index in [0.717, 1.165) is 25.1 Å². The number of rotatable bonds is 6. The minimum absolute atomic E-state index is 0.118. The predicted molar refractivity (Wildman–Crippen MR) is 106 cm³/mol. The normalized spacial score (nSPS) is 16.7. The number of piperidine rings is 1. The third-order valence-electron chi connectivity index (χ3n) is 4.68. The van der Waals surface area contributed by atoms with E-state index >= 15 is 0 Å². The van der Waals surface area contributed by atoms with Gasteiger partial charge in [-0.25, -0.2) is 4.39 Å². The van der Waals surface area contributed by atoms with Crippen molar-refractivity contribution in [3.8, 4) is 0 Å². The number of benzene rings is 1. The van der Waals surface area contributed by atoms with Gasteiger partial charge in [-0.2, -0.15) is 0 Å². The number of amides is 2. The quantitative estimate of drug-likeness (QED) is 0.707. The van der Waals surface area contributed by atoms with E-state index in [1.165, 1.54) is 42.4 Å². The van der Waals surface area contributed by atoms with Crippen LogP contribution in [0.3, 0.4) is 0 Å². The summed E-state index contributed by atoms with van der Waals surface area (Å²) >= 11 is 1.23. The van der Waals surface area contributed by atoms with Gasteiger partial charge >= 0.3 is 0 Å². The number of carbonyl (C=O) groups excluding carboxylic acids is 2. The lowest BCUT2D eigenvalue weighted by Crippen LogP contribution is -2.33. The van der Waals surface area contributed by atoms with Gasteiger partial charge in [0.25, 0.3) is 11.8 Å². The number of carbonyl (C=O) groups is 2. The van der Waals surface area contributed by atoms with E-state index in [4.69, 9.17) is 0 Å². The third kappa shape index (κ3) is 5.37. The molecule has 2 heterocycles. The van der Waals surface area contributed by atoms with E-state index in [1.807, 2.05) is 6.92 Å². The van der Waals surface area contributed by atoms with Crippen LogP contribution in [0.2, 0.25) is 0 Å². The zero-order chi connectivity index (χ0) is 19.2. The molecule has 1 aromatic heterocycles. The molecule has 0 bridgehead atoms. The van der Waals surface area contributed by atoms with E-state index in [9.17, 15) is 14.0 Å². The third-order valence-corrected chi connectivity index (χ3v) is 5.84. The van der Waals surface area contributed by atoms with Crippen LogP contribution < -0.4 is 16.0 Å². The number of aryl methyl sites for hydroxylation is 1. The maximum absolute atomic E-state index is 13.3. The Hall–Kier alpha value is -2.25. The average molecular weight is 389 g/mol. The van der Waals surface area contributed by atoms with Gasteiger partial charge in [0.05, 0.1) is 9.88 Å². The van der Waals surface area contributed by atoms with Gasteiger partial charge in [-0.05, 0) is 75.0 Å². The van der Waals surface area contributed by atoms with Crippen LogP contribution in [0.4, 0.5) is 9.39 Å². The summed E-state index contributed by atoms with van der Waals surface area (Å²) in [5, 5.41) is 9.66. The van der Waals surface area contributed by atoms with Crippen molar-refractivity contribution in [2.24, 2.45) is 5.92 Å². The van der Waals surface area contributed by atoms with Crippen LogP contribution in [0.25, 0.3) is 0 Å². The molecule has 0 saturated carbocycles. The van der Waals surface area contributed by atoms with Crippen LogP contribution in [0, 0.1) is 18.7 Å². The van der Waals surface area contributed by atoms with E-state index in [0.29, 0.717) is 22.3 Å². The fraction of sp³-hybridized carbons (Fsp3) is 0.400. The topological polar surface area (TPSA) is 70.2 Å². The number of nitrogens with one attached hydrogen (secondary N) is 3. The number of hydrogen-bond acceptors (Lipinski definition) is 4. The van der Waals surface area contributed by atoms with Crippen LogP contribution in [0.15, 0.2) is 30.3 Å². The Bertz CT molecular complexity index is 815. The Morgan fingerprint density at radius 3 is 2.89 bits per heavy atom. The molecule has 1 saturated heterocycles. The zero-order valence-electron chi connectivity index (χ0n) is 15.3. The molecule has 5 nitrogen and oxygen atoms in total. The van der Waals surface area contributed by atoms with E-state index in [-0.39, 0.29) is 11.5 Å². The van der Waals surface area contributed by atoms with Crippen molar-refractivity contribution >= 4 is 28.2 Å². The first-order valence-electron chi connectivity index (χ1n) is 9.19. The molecule has 1 fully saturated rings. The van der Waals surface area contributed by atoms with Crippen molar-refractivity contribution in [3.05, 3.63) is 52.2 Å². The summed E-state index contributed by atoms with van der Waals surface area (Å²) in [6, 6.07) is 7.28. The first-order valence-corrected chi connectivity index (χ1v) is 10.0. The molecule has 3 rings (SSSR count). The van der Waals surface area contributed by atoms with Crippen molar-refractivity contribution in [2.75, 3.05) is 25.0 Å². The van der Waals surface area contributed by atoms with Gasteiger partial charge in [0.2, 0.25) is 0 Å². The summed E-state index contributed by atoms with van der Waals surface area (Å²) in [4.78, 5) is 25.3. The molecule has 7 heteroatoms. The highest BCUT2D eigenvalue weighted by Crippen LogP contribution is 2.27. The fourth-order valence-electron chi connectivity index (χ4n) is 3.22. The van der Waals surface area contributed by atoms with Gasteiger partial charge in [0.15, 0.2) is 0 Å². The molecular formula is C20H24FN3O2S. The highest BCUT2D eigenvalue weighted by atomic mass is 32.1. The molecular weight excluding hydrogens is 365 g/mol. The van der Waals surface area contributed by atoms with Crippen LogP contribution in [-0.4, -0.2) is 31.4 Å². The average Bonchev–Trinajstić information content (AvgIpc) is 3.02. The molecule has 144 valence electrons. The van der Waals surface area contributed by atoms with Crippen molar-refractivity contribution in [3.63, 3.8) is 0 Å². The second kappa shape index (κ2) is 9.10. The summed E-state index contributed by atoms with van der Waals surface area (Å²) in [5.41, 5.74) is 1.06. The lowest BCUT2D eigenvalue weighted by Gasteiger charge is -2.22. The minimum atomic E-state index is -0.460. The first kappa shape index (κ1) is 19.5. The van der Waals surface area contributed by atoms with Crippen molar-refractivity contribution in [1.29, 1.82) is 0 Å². The lowest BCUT2D eigenvalue weighted by molar-refractivity contribution is 0.0953. The van der Waals surface area contributed by atoms with Crippen LogP contribution >= 0.6 is 11.3 Å². The molecule has 3 N–H and O–H groups in total. The highest BCUT2D eigenvalue weighted by molar-refractivity contribution is 7.18. The molecule has 27 heavy (non-hydrogen) atoms. The van der Waals surface area contributed by atoms with Crippen LogP contribution in [-0.2, 0) is 0 Å². The highest BCUT2D eigenvalue weighted by Gasteiger charge is 2.17. The Balaban J connectivity index is 1.55. The molecule has 0 spiro atoms. The zero-order valence-corrected chi connectivity index (χ0v) is 16.1. The van der Waals surface area contributed by atoms with Gasteiger partial charge in [-0.3, -0.25) is 9.59 Å². The van der Waals surface area contributed by atoms with Crippen molar-refractivity contribution in [1.82, 2.24) is 10.6 Å². The summed E-state index contributed by atoms with van der Waals surface area (Å²) in [6.07, 6.45) is 3.36. The van der Waals surface area contributed by atoms with Gasteiger partial charge < -0.3 is 16.0 Å².